The fraction of sp³-hybridized carbons (Fsp3) is 0. The van der Waals surface area contributed by atoms with E-state index in [0.29, 0.717) is 4.85 Å². The van der Waals surface area contributed by atoms with Crippen LogP contribution in [0.3, 0.4) is 0 Å². The fourth-order valence-corrected chi connectivity index (χ4v) is 2.67. The third kappa shape index (κ3) is 2.56. The molecule has 1 aromatic carbocycles. The Kier molecular flexibility index (Phi) is 3.66. The molecule has 0 radical (unpaired) electrons. The van der Waals surface area contributed by atoms with Gasteiger partial charge in [-0.3, -0.25) is 4.98 Å². The van der Waals surface area contributed by atoms with Crippen LogP contribution >= 0.6 is 0 Å². The quantitative estimate of drug-likeness (QED) is 0.457. The van der Waals surface area contributed by atoms with Gasteiger partial charge in [0, 0.05) is 11.6 Å². The molecule has 0 aliphatic heterocycles. The number of carbonyl (C=O) groups is 2. The number of hydrogen-bond acceptors (Lipinski definition) is 9. The van der Waals surface area contributed by atoms with E-state index in [4.69, 9.17) is 5.11 Å². The lowest BCUT2D eigenvalue weighted by Crippen LogP contribution is -2.21. The van der Waals surface area contributed by atoms with E-state index in [-0.39, 0.29) is 49.8 Å². The highest BCUT2D eigenvalue weighted by atomic mass is 16.5. The van der Waals surface area contributed by atoms with Crippen LogP contribution in [0.5, 0.6) is 0 Å². The molecule has 0 bridgehead atoms. The Morgan fingerprint density at radius 3 is 2.50 bits per heavy atom. The van der Waals surface area contributed by atoms with Crippen LogP contribution in [-0.2, 0) is 0 Å². The van der Waals surface area contributed by atoms with Crippen LogP contribution in [0.4, 0.5) is 0 Å². The molecule has 0 unspecified atom stereocenters. The summed E-state index contributed by atoms with van der Waals surface area (Å²) in [5.74, 6) is -3.34. The topological polar surface area (TPSA) is 182 Å². The van der Waals surface area contributed by atoms with Gasteiger partial charge in [0.05, 0.1) is 17.0 Å². The number of carbonyl (C=O) groups excluding carboxylic acids is 1. The smallest absolute Gasteiger partial charge is 0.335 e. The number of carboxylic acid groups (broad SMARTS) is 2. The largest absolute Gasteiger partial charge is 0.803 e. The van der Waals surface area contributed by atoms with Crippen molar-refractivity contribution >= 4 is 22.8 Å². The summed E-state index contributed by atoms with van der Waals surface area (Å²) in [6, 6.07) is 6.14. The molecule has 0 aliphatic rings. The van der Waals surface area contributed by atoms with E-state index >= 15 is 0 Å². The van der Waals surface area contributed by atoms with Crippen LogP contribution < -0.4 is 5.11 Å². The molecule has 0 atom stereocenters. The highest BCUT2D eigenvalue weighted by Gasteiger charge is 2.20. The van der Waals surface area contributed by atoms with Crippen LogP contribution in [0.15, 0.2) is 36.5 Å². The summed E-state index contributed by atoms with van der Waals surface area (Å²) in [7, 11) is 0. The number of pyridine rings is 1. The lowest BCUT2D eigenvalue weighted by molar-refractivity contribution is -0.255. The minimum Gasteiger partial charge on any atom is -0.803 e. The number of rotatable bonds is 4. The van der Waals surface area contributed by atoms with Gasteiger partial charge in [-0.15, -0.1) is 15.3 Å². The third-order valence-electron chi connectivity index (χ3n) is 3.96. The molecule has 4 aromatic rings. The highest BCUT2D eigenvalue weighted by molar-refractivity contribution is 5.97. The molecule has 140 valence electrons. The molecule has 3 aromatic heterocycles. The first-order chi connectivity index (χ1) is 13.4. The molecule has 2 N–H and O–H groups in total. The summed E-state index contributed by atoms with van der Waals surface area (Å²) in [4.78, 5) is 26.5. The van der Waals surface area contributed by atoms with Crippen molar-refractivity contribution in [1.82, 2.24) is 29.9 Å². The standard InChI is InChI=1S/C16H9N6O6/c23-15(24)7-1-2-10-9(5-7)12(22(28)20-10)14-19-18-13(21(14)27)11-6-8(16(25)26)3-4-17-11/h1-6,28H,(H,23,24)(H,25,26)/q-1/p-1. The number of nitrogens with zero attached hydrogens (tertiary/aromatic N) is 6. The van der Waals surface area contributed by atoms with Gasteiger partial charge in [-0.25, -0.2) is 4.79 Å². The number of fused-ring (bicyclic) bond motifs is 1. The monoisotopic (exact) mass is 380 g/mol. The molecular formula is C16H8N6O6-2. The summed E-state index contributed by atoms with van der Waals surface area (Å²) in [6.07, 6.45) is 1.20. The van der Waals surface area contributed by atoms with E-state index < -0.39 is 11.9 Å². The van der Waals surface area contributed by atoms with Gasteiger partial charge in [0.15, 0.2) is 17.3 Å². The van der Waals surface area contributed by atoms with Gasteiger partial charge < -0.3 is 30.2 Å². The number of benzene rings is 1. The van der Waals surface area contributed by atoms with Crippen molar-refractivity contribution in [3.05, 3.63) is 52.9 Å². The molecule has 0 spiro atoms. The summed E-state index contributed by atoms with van der Waals surface area (Å²) in [5, 5.41) is 54.3. The Hall–Kier alpha value is -4.48. The third-order valence-corrected chi connectivity index (χ3v) is 3.96. The molecule has 12 nitrogen and oxygen atoms in total. The van der Waals surface area contributed by atoms with Gasteiger partial charge in [0.1, 0.15) is 5.69 Å². The molecular weight excluding hydrogens is 372 g/mol. The molecule has 3 heterocycles. The van der Waals surface area contributed by atoms with Crippen LogP contribution in [0.1, 0.15) is 20.7 Å². The van der Waals surface area contributed by atoms with Gasteiger partial charge in [0.2, 0.25) is 0 Å². The Morgan fingerprint density at radius 1 is 1.04 bits per heavy atom. The van der Waals surface area contributed by atoms with E-state index in [1.165, 1.54) is 30.5 Å². The first-order valence-electron chi connectivity index (χ1n) is 7.63. The average molecular weight is 380 g/mol. The molecule has 0 saturated heterocycles. The molecule has 12 heteroatoms. The van der Waals surface area contributed by atoms with Crippen molar-refractivity contribution in [2.24, 2.45) is 0 Å². The summed E-state index contributed by atoms with van der Waals surface area (Å²) in [6.45, 7) is 0. The number of hydrogen-bond donors (Lipinski definition) is 2. The lowest BCUT2D eigenvalue weighted by Gasteiger charge is -2.13. The van der Waals surface area contributed by atoms with Gasteiger partial charge in [-0.05, 0) is 29.8 Å². The zero-order chi connectivity index (χ0) is 20.0. The Labute approximate surface area is 154 Å². The molecule has 0 aliphatic carbocycles. The van der Waals surface area contributed by atoms with Crippen molar-refractivity contribution in [1.29, 1.82) is 0 Å². The first kappa shape index (κ1) is 17.0. The molecule has 0 amide bonds. The number of aromatic nitrogens is 6. The van der Waals surface area contributed by atoms with Crippen molar-refractivity contribution in [2.75, 3.05) is 0 Å². The van der Waals surface area contributed by atoms with Gasteiger partial charge >= 0.3 is 5.97 Å². The molecule has 4 rings (SSSR count). The second kappa shape index (κ2) is 6.05. The average Bonchev–Trinajstić information content (AvgIpc) is 3.19. The highest BCUT2D eigenvalue weighted by Crippen LogP contribution is 2.29. The summed E-state index contributed by atoms with van der Waals surface area (Å²) in [5.41, 5.74) is -0.322. The maximum Gasteiger partial charge on any atom is 0.335 e. The first-order valence-corrected chi connectivity index (χ1v) is 7.63. The number of carboxylic acids is 2. The minimum absolute atomic E-state index is 0.0441. The predicted molar refractivity (Wildman–Crippen MR) is 89.2 cm³/mol. The lowest BCUT2D eigenvalue weighted by atomic mass is 10.1. The van der Waals surface area contributed by atoms with E-state index in [2.05, 4.69) is 20.3 Å². The van der Waals surface area contributed by atoms with E-state index in [9.17, 15) is 25.1 Å². The van der Waals surface area contributed by atoms with Crippen molar-refractivity contribution in [2.45, 2.75) is 0 Å². The minimum atomic E-state index is -1.45. The van der Waals surface area contributed by atoms with Crippen molar-refractivity contribution in [3.63, 3.8) is 0 Å². The normalized spacial score (nSPS) is 11.0. The SMILES string of the molecule is O=C([O-])c1ccc2nn(O)c(-c3nnc(-c4cc(C(=O)O)ccn4)n3[O-])c2c1. The Morgan fingerprint density at radius 2 is 1.79 bits per heavy atom. The van der Waals surface area contributed by atoms with Crippen molar-refractivity contribution in [3.8, 4) is 23.0 Å². The van der Waals surface area contributed by atoms with Crippen LogP contribution in [0, 0.1) is 5.21 Å². The number of aromatic carboxylic acids is 2. The molecule has 28 heavy (non-hydrogen) atoms. The van der Waals surface area contributed by atoms with Gasteiger partial charge in [0.25, 0.3) is 0 Å². The second-order valence-electron chi connectivity index (χ2n) is 5.63. The van der Waals surface area contributed by atoms with Gasteiger partial charge in [-0.1, -0.05) is 10.9 Å². The zero-order valence-electron chi connectivity index (χ0n) is 13.7. The Balaban J connectivity index is 1.89. The predicted octanol–water partition coefficient (Wildman–Crippen LogP) is 0.00170. The Bertz CT molecular complexity index is 1260. The molecule has 0 fully saturated rings. The molecule has 0 saturated carbocycles. The fourth-order valence-electron chi connectivity index (χ4n) is 2.67. The van der Waals surface area contributed by atoms with Gasteiger partial charge in [-0.2, -0.15) is 0 Å². The summed E-state index contributed by atoms with van der Waals surface area (Å²) >= 11 is 0. The van der Waals surface area contributed by atoms with E-state index in [1.807, 2.05) is 0 Å². The van der Waals surface area contributed by atoms with Crippen molar-refractivity contribution < 1.29 is 25.0 Å². The summed E-state index contributed by atoms with van der Waals surface area (Å²) < 4.78 is 0.239. The zero-order valence-corrected chi connectivity index (χ0v) is 13.7. The van der Waals surface area contributed by atoms with E-state index in [1.54, 1.807) is 0 Å². The maximum atomic E-state index is 12.7. The van der Waals surface area contributed by atoms with Crippen LogP contribution in [0.2, 0.25) is 0 Å². The van der Waals surface area contributed by atoms with Crippen LogP contribution in [0.25, 0.3) is 33.9 Å². The van der Waals surface area contributed by atoms with E-state index in [0.717, 1.165) is 6.07 Å². The second-order valence-corrected chi connectivity index (χ2v) is 5.63. The van der Waals surface area contributed by atoms with Crippen LogP contribution in [-0.4, -0.2) is 52.1 Å². The maximum absolute atomic E-state index is 12.7.